The summed E-state index contributed by atoms with van der Waals surface area (Å²) < 4.78 is 10.8. The predicted molar refractivity (Wildman–Crippen MR) is 119 cm³/mol. The Morgan fingerprint density at radius 1 is 1.20 bits per heavy atom. The van der Waals surface area contributed by atoms with Crippen molar-refractivity contribution in [3.8, 4) is 28.4 Å². The molecule has 0 aliphatic carbocycles. The van der Waals surface area contributed by atoms with Gasteiger partial charge >= 0.3 is 0 Å². The van der Waals surface area contributed by atoms with Gasteiger partial charge in [0.2, 0.25) is 5.91 Å². The summed E-state index contributed by atoms with van der Waals surface area (Å²) in [6.45, 7) is 1.36. The van der Waals surface area contributed by atoms with Crippen molar-refractivity contribution in [3.63, 3.8) is 0 Å². The highest BCUT2D eigenvalue weighted by atomic mass is 32.2. The van der Waals surface area contributed by atoms with Crippen LogP contribution in [-0.4, -0.2) is 48.0 Å². The van der Waals surface area contributed by atoms with Gasteiger partial charge < -0.3 is 19.8 Å². The van der Waals surface area contributed by atoms with Gasteiger partial charge in [0.15, 0.2) is 0 Å². The van der Waals surface area contributed by atoms with E-state index in [1.807, 2.05) is 54.6 Å². The molecular formula is C23H25N3O3S. The summed E-state index contributed by atoms with van der Waals surface area (Å²) in [4.78, 5) is 20.5. The lowest BCUT2D eigenvalue weighted by molar-refractivity contribution is -0.119. The summed E-state index contributed by atoms with van der Waals surface area (Å²) in [6, 6.07) is 17.8. The number of carbonyl (C=O) groups excluding carboxylic acids is 1. The normalized spacial score (nSPS) is 15.8. The lowest BCUT2D eigenvalue weighted by Gasteiger charge is -2.10. The summed E-state index contributed by atoms with van der Waals surface area (Å²) in [5.74, 6) is 1.85. The van der Waals surface area contributed by atoms with Gasteiger partial charge in [0, 0.05) is 24.3 Å². The molecule has 1 amide bonds. The Labute approximate surface area is 180 Å². The maximum atomic E-state index is 12.3. The van der Waals surface area contributed by atoms with Gasteiger partial charge in [-0.15, -0.1) is 0 Å². The minimum absolute atomic E-state index is 0.0106. The second-order valence-corrected chi connectivity index (χ2v) is 8.05. The van der Waals surface area contributed by atoms with Crippen molar-refractivity contribution >= 4 is 17.7 Å². The number of benzene rings is 2. The van der Waals surface area contributed by atoms with E-state index >= 15 is 0 Å². The number of ether oxygens (including phenoxy) is 2. The number of amides is 1. The zero-order valence-corrected chi connectivity index (χ0v) is 17.7. The first-order chi connectivity index (χ1) is 14.7. The highest BCUT2D eigenvalue weighted by Crippen LogP contribution is 2.32. The minimum Gasteiger partial charge on any atom is -0.497 e. The fourth-order valence-corrected chi connectivity index (χ4v) is 4.20. The first-order valence-electron chi connectivity index (χ1n) is 10.0. The number of hydrogen-bond donors (Lipinski definition) is 2. The quantitative estimate of drug-likeness (QED) is 0.533. The van der Waals surface area contributed by atoms with Gasteiger partial charge in [-0.05, 0) is 37.1 Å². The van der Waals surface area contributed by atoms with Crippen LogP contribution in [0.15, 0.2) is 59.6 Å². The van der Waals surface area contributed by atoms with Crippen molar-refractivity contribution in [1.29, 1.82) is 0 Å². The summed E-state index contributed by atoms with van der Waals surface area (Å²) in [7, 11) is 1.65. The largest absolute Gasteiger partial charge is 0.497 e. The molecule has 2 N–H and O–H groups in total. The molecule has 0 spiro atoms. The van der Waals surface area contributed by atoms with E-state index < -0.39 is 0 Å². The Bertz CT molecular complexity index is 967. The van der Waals surface area contributed by atoms with E-state index in [4.69, 9.17) is 14.5 Å². The van der Waals surface area contributed by atoms with Crippen molar-refractivity contribution in [2.24, 2.45) is 0 Å². The van der Waals surface area contributed by atoms with Crippen LogP contribution in [0.4, 0.5) is 0 Å². The van der Waals surface area contributed by atoms with Crippen molar-refractivity contribution < 1.29 is 14.3 Å². The molecule has 0 unspecified atom stereocenters. The molecule has 3 aromatic rings. The fourth-order valence-electron chi connectivity index (χ4n) is 3.37. The van der Waals surface area contributed by atoms with E-state index in [1.165, 1.54) is 11.8 Å². The molecule has 4 rings (SSSR count). The summed E-state index contributed by atoms with van der Waals surface area (Å²) in [5, 5.41) is 3.77. The number of methoxy groups -OCH3 is 1. The third kappa shape index (κ3) is 5.04. The number of H-pyrrole nitrogens is 1. The lowest BCUT2D eigenvalue weighted by Crippen LogP contribution is -2.32. The van der Waals surface area contributed by atoms with E-state index in [-0.39, 0.29) is 12.0 Å². The Morgan fingerprint density at radius 3 is 2.70 bits per heavy atom. The second-order valence-electron chi connectivity index (χ2n) is 7.09. The number of rotatable bonds is 8. The maximum Gasteiger partial charge on any atom is 0.230 e. The van der Waals surface area contributed by atoms with Crippen LogP contribution in [0.5, 0.6) is 5.75 Å². The molecule has 2 heterocycles. The van der Waals surface area contributed by atoms with Gasteiger partial charge in [-0.1, -0.05) is 42.1 Å². The molecular weight excluding hydrogens is 398 g/mol. The van der Waals surface area contributed by atoms with E-state index in [0.29, 0.717) is 12.3 Å². The molecule has 1 aliphatic heterocycles. The molecule has 1 atom stereocenters. The van der Waals surface area contributed by atoms with Crippen molar-refractivity contribution in [2.75, 3.05) is 26.0 Å². The van der Waals surface area contributed by atoms with Crippen LogP contribution in [-0.2, 0) is 9.53 Å². The van der Waals surface area contributed by atoms with Crippen molar-refractivity contribution in [1.82, 2.24) is 15.3 Å². The lowest BCUT2D eigenvalue weighted by atomic mass is 10.2. The molecule has 1 saturated heterocycles. The Kier molecular flexibility index (Phi) is 6.71. The number of thioether (sulfide) groups is 1. The van der Waals surface area contributed by atoms with Crippen molar-refractivity contribution in [2.45, 2.75) is 24.0 Å². The molecule has 156 valence electrons. The number of carbonyl (C=O) groups is 1. The summed E-state index contributed by atoms with van der Waals surface area (Å²) >= 11 is 1.44. The van der Waals surface area contributed by atoms with Crippen LogP contribution in [0.3, 0.4) is 0 Å². The monoisotopic (exact) mass is 423 g/mol. The Balaban J connectivity index is 1.49. The smallest absolute Gasteiger partial charge is 0.230 e. The third-order valence-electron chi connectivity index (χ3n) is 4.99. The molecule has 6 nitrogen and oxygen atoms in total. The second kappa shape index (κ2) is 9.82. The molecule has 7 heteroatoms. The van der Waals surface area contributed by atoms with Crippen LogP contribution < -0.4 is 10.1 Å². The van der Waals surface area contributed by atoms with Gasteiger partial charge in [0.25, 0.3) is 0 Å². The Morgan fingerprint density at radius 2 is 2.00 bits per heavy atom. The average molecular weight is 424 g/mol. The zero-order valence-electron chi connectivity index (χ0n) is 16.9. The third-order valence-corrected chi connectivity index (χ3v) is 5.96. The van der Waals surface area contributed by atoms with Crippen LogP contribution >= 0.6 is 11.8 Å². The number of nitrogens with zero attached hydrogens (tertiary/aromatic N) is 1. The first kappa shape index (κ1) is 20.5. The molecule has 30 heavy (non-hydrogen) atoms. The summed E-state index contributed by atoms with van der Waals surface area (Å²) in [6.07, 6.45) is 2.22. The van der Waals surface area contributed by atoms with E-state index in [9.17, 15) is 4.79 Å². The Hall–Kier alpha value is -2.77. The van der Waals surface area contributed by atoms with Crippen molar-refractivity contribution in [3.05, 3.63) is 54.6 Å². The number of imidazole rings is 1. The topological polar surface area (TPSA) is 76.2 Å². The molecule has 2 aromatic carbocycles. The molecule has 1 aromatic heterocycles. The summed E-state index contributed by atoms with van der Waals surface area (Å²) in [5.41, 5.74) is 2.91. The SMILES string of the molecule is COc1ccc(-c2nc(SCC(=O)NC[C@H]3CCCO3)c(-c3ccccc3)[nH]2)cc1. The molecule has 0 bridgehead atoms. The van der Waals surface area contributed by atoms with Crippen LogP contribution in [0.25, 0.3) is 22.6 Å². The number of aromatic nitrogens is 2. The fraction of sp³-hybridized carbons (Fsp3) is 0.304. The van der Waals surface area contributed by atoms with Gasteiger partial charge in [0.1, 0.15) is 16.6 Å². The van der Waals surface area contributed by atoms with Gasteiger partial charge in [-0.25, -0.2) is 4.98 Å². The van der Waals surface area contributed by atoms with E-state index in [1.54, 1.807) is 7.11 Å². The number of nitrogens with one attached hydrogen (secondary N) is 2. The van der Waals surface area contributed by atoms with Gasteiger partial charge in [-0.3, -0.25) is 4.79 Å². The standard InChI is InChI=1S/C23H25N3O3S/c1-28-18-11-9-17(10-12-18)22-25-21(16-6-3-2-4-7-16)23(26-22)30-15-20(27)24-14-19-8-5-13-29-19/h2-4,6-7,9-12,19H,5,8,13-15H2,1H3,(H,24,27)(H,25,26)/t19-/m1/s1. The van der Waals surface area contributed by atoms with Gasteiger partial charge in [0.05, 0.1) is 24.7 Å². The highest BCUT2D eigenvalue weighted by molar-refractivity contribution is 8.00. The maximum absolute atomic E-state index is 12.3. The number of aromatic amines is 1. The zero-order chi connectivity index (χ0) is 20.8. The first-order valence-corrected chi connectivity index (χ1v) is 11.0. The van der Waals surface area contributed by atoms with Crippen LogP contribution in [0.2, 0.25) is 0 Å². The highest BCUT2D eigenvalue weighted by Gasteiger charge is 2.18. The van der Waals surface area contributed by atoms with Gasteiger partial charge in [-0.2, -0.15) is 0 Å². The van der Waals surface area contributed by atoms with Crippen LogP contribution in [0, 0.1) is 0 Å². The van der Waals surface area contributed by atoms with E-state index in [2.05, 4.69) is 10.3 Å². The average Bonchev–Trinajstić information content (AvgIpc) is 3.47. The molecule has 0 saturated carbocycles. The van der Waals surface area contributed by atoms with E-state index in [0.717, 1.165) is 52.9 Å². The minimum atomic E-state index is -0.0106. The molecule has 1 aliphatic rings. The molecule has 1 fully saturated rings. The molecule has 0 radical (unpaired) electrons. The van der Waals surface area contributed by atoms with Crippen LogP contribution in [0.1, 0.15) is 12.8 Å². The predicted octanol–water partition coefficient (Wildman–Crippen LogP) is 4.14. The number of hydrogen-bond acceptors (Lipinski definition) is 5.